The first-order chi connectivity index (χ1) is 15.9. The minimum absolute atomic E-state index is 0.0310. The van der Waals surface area contributed by atoms with Crippen molar-refractivity contribution >= 4 is 34.7 Å². The van der Waals surface area contributed by atoms with Crippen LogP contribution in [0.1, 0.15) is 23.7 Å². The van der Waals surface area contributed by atoms with Crippen molar-refractivity contribution < 1.29 is 18.3 Å². The molecule has 0 spiro atoms. The number of aromatic nitrogens is 3. The van der Waals surface area contributed by atoms with Gasteiger partial charge in [0, 0.05) is 30.2 Å². The Hall–Kier alpha value is -3.72. The van der Waals surface area contributed by atoms with Crippen LogP contribution >= 0.6 is 11.6 Å². The van der Waals surface area contributed by atoms with Crippen molar-refractivity contribution in [2.75, 3.05) is 19.0 Å². The molecule has 0 aliphatic rings. The van der Waals surface area contributed by atoms with E-state index in [1.165, 1.54) is 31.6 Å². The molecule has 4 aromatic rings. The number of carbonyl (C=O) groups is 1. The molecule has 0 fully saturated rings. The first-order valence-electron chi connectivity index (χ1n) is 10.1. The Labute approximate surface area is 193 Å². The molecule has 33 heavy (non-hydrogen) atoms. The van der Waals surface area contributed by atoms with Crippen LogP contribution in [0.5, 0.6) is 5.75 Å². The first kappa shape index (κ1) is 22.5. The second-order valence-corrected chi connectivity index (χ2v) is 7.54. The smallest absolute Gasteiger partial charge is 0.252 e. The summed E-state index contributed by atoms with van der Waals surface area (Å²) in [5, 5.41) is 6.17. The summed E-state index contributed by atoms with van der Waals surface area (Å²) in [6, 6.07) is 7.70. The maximum atomic E-state index is 14.6. The number of fused-ring (bicyclic) bond motifs is 1. The maximum Gasteiger partial charge on any atom is 0.252 e. The molecule has 0 aliphatic heterocycles. The number of methoxy groups -OCH3 is 1. The summed E-state index contributed by atoms with van der Waals surface area (Å²) in [4.78, 5) is 20.8. The number of halogens is 3. The van der Waals surface area contributed by atoms with Crippen molar-refractivity contribution in [3.63, 3.8) is 0 Å². The third-order valence-electron chi connectivity index (χ3n) is 4.98. The molecule has 1 amide bonds. The lowest BCUT2D eigenvalue weighted by atomic mass is 10.1. The fraction of sp³-hybridized carbons (Fsp3) is 0.174. The molecular formula is C23H20ClF2N5O2. The highest BCUT2D eigenvalue weighted by Crippen LogP contribution is 2.32. The van der Waals surface area contributed by atoms with Gasteiger partial charge in [-0.05, 0) is 36.8 Å². The molecule has 0 bridgehead atoms. The zero-order chi connectivity index (χ0) is 23.5. The van der Waals surface area contributed by atoms with Crippen molar-refractivity contribution in [2.24, 2.45) is 0 Å². The van der Waals surface area contributed by atoms with Gasteiger partial charge < -0.3 is 15.4 Å². The Morgan fingerprint density at radius 3 is 2.73 bits per heavy atom. The zero-order valence-corrected chi connectivity index (χ0v) is 18.6. The van der Waals surface area contributed by atoms with Crippen molar-refractivity contribution in [1.29, 1.82) is 0 Å². The molecule has 2 aromatic heterocycles. The summed E-state index contributed by atoms with van der Waals surface area (Å²) in [6.45, 7) is 2.52. The van der Waals surface area contributed by atoms with Gasteiger partial charge >= 0.3 is 0 Å². The van der Waals surface area contributed by atoms with Crippen LogP contribution < -0.4 is 15.4 Å². The van der Waals surface area contributed by atoms with Gasteiger partial charge in [0.15, 0.2) is 23.0 Å². The summed E-state index contributed by atoms with van der Waals surface area (Å²) in [5.74, 6) is -2.17. The highest BCUT2D eigenvalue weighted by molar-refractivity contribution is 6.34. The Kier molecular flexibility index (Phi) is 6.41. The van der Waals surface area contributed by atoms with E-state index >= 15 is 0 Å². The molecule has 2 aromatic carbocycles. The molecule has 0 atom stereocenters. The number of anilines is 2. The number of imidazole rings is 1. The second-order valence-electron chi connectivity index (χ2n) is 7.13. The molecule has 0 radical (unpaired) electrons. The van der Waals surface area contributed by atoms with Crippen LogP contribution in [0.2, 0.25) is 5.02 Å². The first-order valence-corrected chi connectivity index (χ1v) is 10.5. The molecule has 0 unspecified atom stereocenters. The molecule has 0 saturated carbocycles. The van der Waals surface area contributed by atoms with Crippen LogP contribution in [-0.2, 0) is 0 Å². The van der Waals surface area contributed by atoms with E-state index in [2.05, 4.69) is 20.6 Å². The highest BCUT2D eigenvalue weighted by Gasteiger charge is 2.19. The number of carbonyl (C=O) groups excluding carboxylic acids is 1. The van der Waals surface area contributed by atoms with Gasteiger partial charge in [-0.1, -0.05) is 18.5 Å². The average molecular weight is 472 g/mol. The van der Waals surface area contributed by atoms with Gasteiger partial charge in [-0.3, -0.25) is 9.20 Å². The van der Waals surface area contributed by atoms with Gasteiger partial charge in [0.1, 0.15) is 0 Å². The fourth-order valence-corrected chi connectivity index (χ4v) is 3.61. The monoisotopic (exact) mass is 471 g/mol. The Morgan fingerprint density at radius 1 is 1.18 bits per heavy atom. The lowest BCUT2D eigenvalue weighted by molar-refractivity contribution is 0.0954. The molecule has 2 N–H and O–H groups in total. The van der Waals surface area contributed by atoms with Gasteiger partial charge in [0.05, 0.1) is 29.6 Å². The van der Waals surface area contributed by atoms with Crippen LogP contribution in [-0.4, -0.2) is 33.9 Å². The summed E-state index contributed by atoms with van der Waals surface area (Å²) in [7, 11) is 1.27. The quantitative estimate of drug-likeness (QED) is 0.386. The summed E-state index contributed by atoms with van der Waals surface area (Å²) in [6.07, 6.45) is 5.35. The molecule has 7 nitrogen and oxygen atoms in total. The van der Waals surface area contributed by atoms with Gasteiger partial charge in [0.25, 0.3) is 5.91 Å². The lowest BCUT2D eigenvalue weighted by Crippen LogP contribution is -2.24. The largest absolute Gasteiger partial charge is 0.494 e. The van der Waals surface area contributed by atoms with Crippen LogP contribution in [0.4, 0.5) is 20.3 Å². The van der Waals surface area contributed by atoms with E-state index in [1.54, 1.807) is 28.8 Å². The van der Waals surface area contributed by atoms with E-state index in [0.717, 1.165) is 6.42 Å². The third-order valence-corrected chi connectivity index (χ3v) is 5.30. The van der Waals surface area contributed by atoms with Crippen LogP contribution in [0.15, 0.2) is 48.9 Å². The Balaban J connectivity index is 1.66. The fourth-order valence-electron chi connectivity index (χ4n) is 3.34. The Morgan fingerprint density at radius 2 is 2.00 bits per heavy atom. The van der Waals surface area contributed by atoms with E-state index in [-0.39, 0.29) is 22.2 Å². The topological polar surface area (TPSA) is 80.6 Å². The predicted octanol–water partition coefficient (Wildman–Crippen LogP) is 5.22. The average Bonchev–Trinajstić information content (AvgIpc) is 3.24. The minimum atomic E-state index is -1.07. The Bertz CT molecular complexity index is 1340. The van der Waals surface area contributed by atoms with E-state index in [0.29, 0.717) is 35.0 Å². The number of rotatable bonds is 7. The van der Waals surface area contributed by atoms with E-state index in [9.17, 15) is 13.6 Å². The van der Waals surface area contributed by atoms with Gasteiger partial charge in [-0.15, -0.1) is 0 Å². The second kappa shape index (κ2) is 9.41. The maximum absolute atomic E-state index is 14.6. The van der Waals surface area contributed by atoms with E-state index in [1.807, 2.05) is 6.92 Å². The molecule has 2 heterocycles. The number of amides is 1. The predicted molar refractivity (Wildman–Crippen MR) is 122 cm³/mol. The summed E-state index contributed by atoms with van der Waals surface area (Å²) < 4.78 is 35.3. The van der Waals surface area contributed by atoms with Crippen LogP contribution in [0, 0.1) is 11.6 Å². The molecule has 0 aliphatic carbocycles. The minimum Gasteiger partial charge on any atom is -0.494 e. The number of hydrogen-bond acceptors (Lipinski definition) is 5. The normalized spacial score (nSPS) is 10.9. The van der Waals surface area contributed by atoms with Crippen molar-refractivity contribution in [2.45, 2.75) is 13.3 Å². The van der Waals surface area contributed by atoms with Crippen LogP contribution in [0.3, 0.4) is 0 Å². The number of ether oxygens (including phenoxy) is 1. The standard InChI is InChI=1S/C23H20ClF2N5O2/c1-3-8-28-23(32)14-5-4-13(11-16(14)24)30-21-22-29-12-17(31(22)10-9-27-21)15-6-7-18(33-2)20(26)19(15)25/h4-7,9-12H,3,8H2,1-2H3,(H,27,30)(H,28,32). The molecular weight excluding hydrogens is 452 g/mol. The number of hydrogen-bond donors (Lipinski definition) is 2. The summed E-state index contributed by atoms with van der Waals surface area (Å²) >= 11 is 6.30. The van der Waals surface area contributed by atoms with Gasteiger partial charge in [-0.25, -0.2) is 14.4 Å². The molecule has 4 rings (SSSR count). The zero-order valence-electron chi connectivity index (χ0n) is 17.8. The number of nitrogens with one attached hydrogen (secondary N) is 2. The third kappa shape index (κ3) is 4.31. The SMILES string of the molecule is CCCNC(=O)c1ccc(Nc2nccn3c(-c4ccc(OC)c(F)c4F)cnc23)cc1Cl. The van der Waals surface area contributed by atoms with E-state index in [4.69, 9.17) is 16.3 Å². The number of benzene rings is 2. The van der Waals surface area contributed by atoms with Crippen LogP contribution in [0.25, 0.3) is 16.9 Å². The van der Waals surface area contributed by atoms with Crippen molar-refractivity contribution in [3.8, 4) is 17.0 Å². The highest BCUT2D eigenvalue weighted by atomic mass is 35.5. The number of nitrogens with zero attached hydrogens (tertiary/aromatic N) is 3. The van der Waals surface area contributed by atoms with E-state index < -0.39 is 11.6 Å². The molecule has 0 saturated heterocycles. The lowest BCUT2D eigenvalue weighted by Gasteiger charge is -2.11. The molecule has 170 valence electrons. The van der Waals surface area contributed by atoms with Crippen molar-refractivity contribution in [1.82, 2.24) is 19.7 Å². The van der Waals surface area contributed by atoms with Crippen molar-refractivity contribution in [3.05, 3.63) is 71.1 Å². The van der Waals surface area contributed by atoms with Gasteiger partial charge in [-0.2, -0.15) is 4.39 Å². The van der Waals surface area contributed by atoms with Gasteiger partial charge in [0.2, 0.25) is 5.82 Å². The summed E-state index contributed by atoms with van der Waals surface area (Å²) in [5.41, 5.74) is 1.71. The molecule has 10 heteroatoms.